The van der Waals surface area contributed by atoms with Gasteiger partial charge in [0.1, 0.15) is 11.4 Å². The van der Waals surface area contributed by atoms with Gasteiger partial charge in [-0.15, -0.1) is 11.3 Å². The molecule has 0 unspecified atom stereocenters. The summed E-state index contributed by atoms with van der Waals surface area (Å²) in [5.74, 6) is 6.95. The normalized spacial score (nSPS) is 11.2. The molecule has 0 bridgehead atoms. The zero-order chi connectivity index (χ0) is 14.5. The molecule has 0 atom stereocenters. The predicted octanol–water partition coefficient (Wildman–Crippen LogP) is 3.30. The molecule has 5 nitrogen and oxygen atoms in total. The van der Waals surface area contributed by atoms with Crippen molar-refractivity contribution in [2.75, 3.05) is 12.0 Å². The van der Waals surface area contributed by atoms with Crippen LogP contribution in [0.4, 0.5) is 5.82 Å². The molecule has 0 spiro atoms. The number of unbranched alkanes of at least 4 members (excludes halogenated alkanes) is 2. The summed E-state index contributed by atoms with van der Waals surface area (Å²) < 4.78 is 5.62. The highest BCUT2D eigenvalue weighted by Crippen LogP contribution is 2.32. The molecule has 2 aromatic rings. The third-order valence-corrected chi connectivity index (χ3v) is 4.44. The zero-order valence-electron chi connectivity index (χ0n) is 12.3. The molecule has 0 saturated carbocycles. The molecule has 0 aromatic carbocycles. The van der Waals surface area contributed by atoms with Gasteiger partial charge in [0, 0.05) is 11.5 Å². The van der Waals surface area contributed by atoms with E-state index in [1.807, 2.05) is 0 Å². The van der Waals surface area contributed by atoms with Gasteiger partial charge in [-0.1, -0.05) is 19.8 Å². The van der Waals surface area contributed by atoms with Crippen LogP contribution in [0.1, 0.15) is 42.5 Å². The summed E-state index contributed by atoms with van der Waals surface area (Å²) in [6.45, 7) is 7.52. The zero-order valence-corrected chi connectivity index (χ0v) is 13.1. The van der Waals surface area contributed by atoms with Gasteiger partial charge in [0.25, 0.3) is 0 Å². The summed E-state index contributed by atoms with van der Waals surface area (Å²) in [4.78, 5) is 11.2. The lowest BCUT2D eigenvalue weighted by atomic mass is 10.2. The number of aryl methyl sites for hydroxylation is 2. The Labute approximate surface area is 123 Å². The largest absolute Gasteiger partial charge is 0.373 e. The monoisotopic (exact) mass is 294 g/mol. The number of nitrogen functional groups attached to an aromatic ring is 1. The number of hydrazine groups is 1. The third kappa shape index (κ3) is 3.26. The fourth-order valence-electron chi connectivity index (χ4n) is 2.08. The molecule has 3 N–H and O–H groups in total. The Morgan fingerprint density at radius 3 is 2.75 bits per heavy atom. The quantitative estimate of drug-likeness (QED) is 0.465. The van der Waals surface area contributed by atoms with Gasteiger partial charge in [-0.05, 0) is 25.8 Å². The number of nitrogens with zero attached hydrogens (tertiary/aromatic N) is 2. The minimum absolute atomic E-state index is 0.435. The summed E-state index contributed by atoms with van der Waals surface area (Å²) in [6, 6.07) is 0. The van der Waals surface area contributed by atoms with Crippen LogP contribution in [-0.4, -0.2) is 16.6 Å². The van der Waals surface area contributed by atoms with Crippen molar-refractivity contribution in [1.82, 2.24) is 9.97 Å². The summed E-state index contributed by atoms with van der Waals surface area (Å²) in [5, 5.41) is 1.02. The van der Waals surface area contributed by atoms with Crippen molar-refractivity contribution in [3.8, 4) is 0 Å². The molecule has 6 heteroatoms. The second-order valence-electron chi connectivity index (χ2n) is 4.86. The number of nitrogens with two attached hydrogens (primary N) is 1. The number of nitrogens with one attached hydrogen (secondary N) is 1. The average molecular weight is 294 g/mol. The molecule has 0 amide bonds. The van der Waals surface area contributed by atoms with Crippen molar-refractivity contribution in [2.24, 2.45) is 5.84 Å². The molecule has 2 aromatic heterocycles. The minimum atomic E-state index is 0.435. The van der Waals surface area contributed by atoms with Gasteiger partial charge in [0.2, 0.25) is 0 Å². The van der Waals surface area contributed by atoms with E-state index in [1.54, 1.807) is 11.3 Å². The van der Waals surface area contributed by atoms with Crippen LogP contribution in [0, 0.1) is 13.8 Å². The van der Waals surface area contributed by atoms with Crippen LogP contribution < -0.4 is 11.3 Å². The van der Waals surface area contributed by atoms with Crippen molar-refractivity contribution in [1.29, 1.82) is 0 Å². The Balaban J connectivity index is 2.15. The molecule has 110 valence electrons. The Bertz CT molecular complexity index is 582. The van der Waals surface area contributed by atoms with Gasteiger partial charge < -0.3 is 10.2 Å². The number of aromatic nitrogens is 2. The molecule has 2 rings (SSSR count). The lowest BCUT2D eigenvalue weighted by Crippen LogP contribution is -2.11. The average Bonchev–Trinajstić information content (AvgIpc) is 2.73. The van der Waals surface area contributed by atoms with E-state index in [4.69, 9.17) is 10.6 Å². The Morgan fingerprint density at radius 2 is 2.05 bits per heavy atom. The Hall–Kier alpha value is -1.24. The second kappa shape index (κ2) is 6.97. The Morgan fingerprint density at radius 1 is 1.25 bits per heavy atom. The SMILES string of the molecule is CCCCCOCc1nc(NN)c2c(C)c(C)sc2n1. The van der Waals surface area contributed by atoms with Crippen molar-refractivity contribution >= 4 is 27.4 Å². The first-order chi connectivity index (χ1) is 9.67. The third-order valence-electron chi connectivity index (χ3n) is 3.34. The van der Waals surface area contributed by atoms with E-state index in [9.17, 15) is 0 Å². The maximum Gasteiger partial charge on any atom is 0.158 e. The summed E-state index contributed by atoms with van der Waals surface area (Å²) >= 11 is 1.67. The highest BCUT2D eigenvalue weighted by Gasteiger charge is 2.13. The number of rotatable bonds is 7. The minimum Gasteiger partial charge on any atom is -0.373 e. The van der Waals surface area contributed by atoms with Crippen LogP contribution in [0.3, 0.4) is 0 Å². The summed E-state index contributed by atoms with van der Waals surface area (Å²) in [6.07, 6.45) is 3.47. The van der Waals surface area contributed by atoms with Crippen LogP contribution >= 0.6 is 11.3 Å². The molecule has 0 aliphatic heterocycles. The van der Waals surface area contributed by atoms with E-state index in [0.717, 1.165) is 23.2 Å². The first-order valence-electron chi connectivity index (χ1n) is 6.98. The number of anilines is 1. The van der Waals surface area contributed by atoms with Crippen molar-refractivity contribution in [3.63, 3.8) is 0 Å². The van der Waals surface area contributed by atoms with Crippen molar-refractivity contribution in [3.05, 3.63) is 16.3 Å². The van der Waals surface area contributed by atoms with Crippen LogP contribution in [0.25, 0.3) is 10.2 Å². The number of fused-ring (bicyclic) bond motifs is 1. The van der Waals surface area contributed by atoms with Gasteiger partial charge in [-0.2, -0.15) is 0 Å². The lowest BCUT2D eigenvalue weighted by Gasteiger charge is -2.07. The Kier molecular flexibility index (Phi) is 5.28. The van der Waals surface area contributed by atoms with Crippen LogP contribution in [0.15, 0.2) is 0 Å². The molecular weight excluding hydrogens is 272 g/mol. The maximum atomic E-state index is 5.62. The van der Waals surface area contributed by atoms with Gasteiger partial charge in [-0.3, -0.25) is 0 Å². The molecule has 0 saturated heterocycles. The standard InChI is InChI=1S/C14H22N4OS/c1-4-5-6-7-19-8-11-16-13(18-15)12-9(2)10(3)20-14(12)17-11/h4-8,15H2,1-3H3,(H,16,17,18). The van der Waals surface area contributed by atoms with Crippen molar-refractivity contribution in [2.45, 2.75) is 46.6 Å². The predicted molar refractivity (Wildman–Crippen MR) is 83.9 cm³/mol. The lowest BCUT2D eigenvalue weighted by molar-refractivity contribution is 0.112. The van der Waals surface area contributed by atoms with Gasteiger partial charge in [0.15, 0.2) is 11.6 Å². The van der Waals surface area contributed by atoms with E-state index in [1.165, 1.54) is 23.3 Å². The van der Waals surface area contributed by atoms with E-state index in [-0.39, 0.29) is 0 Å². The highest BCUT2D eigenvalue weighted by molar-refractivity contribution is 7.18. The fraction of sp³-hybridized carbons (Fsp3) is 0.571. The second-order valence-corrected chi connectivity index (χ2v) is 6.06. The molecule has 0 fully saturated rings. The molecular formula is C14H22N4OS. The van der Waals surface area contributed by atoms with Crippen LogP contribution in [0.5, 0.6) is 0 Å². The summed E-state index contributed by atoms with van der Waals surface area (Å²) in [7, 11) is 0. The maximum absolute atomic E-state index is 5.62. The van der Waals surface area contributed by atoms with Gasteiger partial charge >= 0.3 is 0 Å². The smallest absolute Gasteiger partial charge is 0.158 e. The molecule has 0 radical (unpaired) electrons. The topological polar surface area (TPSA) is 73.1 Å². The first-order valence-corrected chi connectivity index (χ1v) is 7.80. The molecule has 0 aliphatic rings. The highest BCUT2D eigenvalue weighted by atomic mass is 32.1. The van der Waals surface area contributed by atoms with E-state index < -0.39 is 0 Å². The molecule has 2 heterocycles. The number of thiophene rings is 1. The number of hydrogen-bond acceptors (Lipinski definition) is 6. The number of ether oxygens (including phenoxy) is 1. The molecule has 0 aliphatic carbocycles. The van der Waals surface area contributed by atoms with Gasteiger partial charge in [0.05, 0.1) is 5.39 Å². The first kappa shape index (κ1) is 15.2. The molecule has 20 heavy (non-hydrogen) atoms. The van der Waals surface area contributed by atoms with Crippen LogP contribution in [0.2, 0.25) is 0 Å². The summed E-state index contributed by atoms with van der Waals surface area (Å²) in [5.41, 5.74) is 3.86. The fourth-order valence-corrected chi connectivity index (χ4v) is 3.13. The van der Waals surface area contributed by atoms with E-state index >= 15 is 0 Å². The van der Waals surface area contributed by atoms with Gasteiger partial charge in [-0.25, -0.2) is 15.8 Å². The van der Waals surface area contributed by atoms with Crippen molar-refractivity contribution < 1.29 is 4.74 Å². The van der Waals surface area contributed by atoms with E-state index in [0.29, 0.717) is 18.2 Å². The van der Waals surface area contributed by atoms with Crippen LogP contribution in [-0.2, 0) is 11.3 Å². The van der Waals surface area contributed by atoms with E-state index in [2.05, 4.69) is 36.2 Å². The number of hydrogen-bond donors (Lipinski definition) is 2.